The molecule has 24 heavy (non-hydrogen) atoms. The number of rotatable bonds is 2. The summed E-state index contributed by atoms with van der Waals surface area (Å²) >= 11 is 1.28. The zero-order chi connectivity index (χ0) is 16.5. The number of fused-ring (bicyclic) bond motifs is 2. The second-order valence-corrected chi connectivity index (χ2v) is 7.38. The van der Waals surface area contributed by atoms with Crippen molar-refractivity contribution < 1.29 is 4.79 Å². The molecule has 5 nitrogen and oxygen atoms in total. The predicted octanol–water partition coefficient (Wildman–Crippen LogP) is 1.45. The highest BCUT2D eigenvalue weighted by molar-refractivity contribution is 7.07. The van der Waals surface area contributed by atoms with Crippen LogP contribution in [-0.2, 0) is 11.3 Å². The van der Waals surface area contributed by atoms with Gasteiger partial charge in [0.1, 0.15) is 4.53 Å². The minimum absolute atomic E-state index is 0.132. The fourth-order valence-electron chi connectivity index (χ4n) is 3.37. The Labute approximate surface area is 143 Å². The summed E-state index contributed by atoms with van der Waals surface area (Å²) in [6.07, 6.45) is 7.08. The van der Waals surface area contributed by atoms with Crippen LogP contribution >= 0.6 is 11.3 Å². The van der Waals surface area contributed by atoms with Gasteiger partial charge in [-0.25, -0.2) is 4.99 Å². The third-order valence-electron chi connectivity index (χ3n) is 4.64. The van der Waals surface area contributed by atoms with Gasteiger partial charge >= 0.3 is 0 Å². The normalized spacial score (nSPS) is 17.8. The van der Waals surface area contributed by atoms with Crippen LogP contribution in [0.1, 0.15) is 37.7 Å². The van der Waals surface area contributed by atoms with Crippen molar-refractivity contribution in [1.82, 2.24) is 9.88 Å². The van der Waals surface area contributed by atoms with Crippen molar-refractivity contribution in [2.45, 2.75) is 44.7 Å². The monoisotopic (exact) mass is 341 g/mol. The van der Waals surface area contributed by atoms with Crippen molar-refractivity contribution in [1.29, 1.82) is 0 Å². The van der Waals surface area contributed by atoms with Crippen LogP contribution in [0.2, 0.25) is 0 Å². The van der Waals surface area contributed by atoms with Gasteiger partial charge in [0, 0.05) is 12.1 Å². The summed E-state index contributed by atoms with van der Waals surface area (Å²) in [4.78, 5) is 30.0. The Morgan fingerprint density at radius 3 is 2.88 bits per heavy atom. The molecule has 2 aliphatic rings. The molecule has 124 valence electrons. The third kappa shape index (κ3) is 2.94. The Morgan fingerprint density at radius 2 is 2.04 bits per heavy atom. The first-order chi connectivity index (χ1) is 11.7. The number of hydrogen-bond acceptors (Lipinski definition) is 4. The molecule has 1 amide bonds. The van der Waals surface area contributed by atoms with Crippen LogP contribution in [0.4, 0.5) is 5.69 Å². The van der Waals surface area contributed by atoms with Gasteiger partial charge in [0.15, 0.2) is 4.80 Å². The number of nitrogens with zero attached hydrogens (tertiary/aromatic N) is 2. The Morgan fingerprint density at radius 1 is 1.25 bits per heavy atom. The van der Waals surface area contributed by atoms with Gasteiger partial charge in [-0.2, -0.15) is 0 Å². The molecule has 0 spiro atoms. The van der Waals surface area contributed by atoms with Crippen molar-refractivity contribution in [3.63, 3.8) is 0 Å². The molecule has 2 heterocycles. The minimum atomic E-state index is -0.171. The summed E-state index contributed by atoms with van der Waals surface area (Å²) in [5, 5.41) is 3.03. The van der Waals surface area contributed by atoms with Crippen LogP contribution in [0.15, 0.2) is 34.1 Å². The molecule has 0 radical (unpaired) electrons. The smallest absolute Gasteiger partial charge is 0.270 e. The lowest BCUT2D eigenvalue weighted by atomic mass is 9.95. The second kappa shape index (κ2) is 6.36. The average Bonchev–Trinajstić information content (AvgIpc) is 2.89. The van der Waals surface area contributed by atoms with Crippen molar-refractivity contribution >= 4 is 29.0 Å². The maximum atomic E-state index is 12.6. The molecule has 2 aromatic rings. The van der Waals surface area contributed by atoms with E-state index in [9.17, 15) is 9.59 Å². The number of nitrogens with one attached hydrogen (secondary N) is 1. The fraction of sp³-hybridized carbons (Fsp3) is 0.389. The van der Waals surface area contributed by atoms with Crippen LogP contribution < -0.4 is 20.2 Å². The molecule has 1 aromatic carbocycles. The number of aromatic nitrogens is 1. The number of para-hydroxylation sites is 1. The van der Waals surface area contributed by atoms with Gasteiger partial charge in [-0.15, -0.1) is 0 Å². The number of benzene rings is 1. The lowest BCUT2D eigenvalue weighted by Gasteiger charge is -2.21. The van der Waals surface area contributed by atoms with E-state index in [-0.39, 0.29) is 17.5 Å². The third-order valence-corrected chi connectivity index (χ3v) is 5.64. The molecule has 0 unspecified atom stereocenters. The van der Waals surface area contributed by atoms with E-state index in [2.05, 4.69) is 10.3 Å². The highest BCUT2D eigenvalue weighted by atomic mass is 32.1. The van der Waals surface area contributed by atoms with E-state index in [1.807, 2.05) is 24.3 Å². The molecule has 0 saturated heterocycles. The van der Waals surface area contributed by atoms with E-state index in [1.165, 1.54) is 23.8 Å². The first-order valence-electron chi connectivity index (χ1n) is 8.39. The first-order valence-corrected chi connectivity index (χ1v) is 9.21. The van der Waals surface area contributed by atoms with Crippen LogP contribution in [0.5, 0.6) is 0 Å². The van der Waals surface area contributed by atoms with Gasteiger partial charge in [0.25, 0.3) is 5.56 Å². The molecule has 1 aliphatic heterocycles. The second-order valence-electron chi connectivity index (χ2n) is 6.37. The molecule has 1 fully saturated rings. The Balaban J connectivity index is 1.63. The number of carbonyl (C=O) groups is 1. The zero-order valence-electron chi connectivity index (χ0n) is 13.3. The number of thiazole rings is 1. The number of carbonyl (C=O) groups excluding carboxylic acids is 1. The highest BCUT2D eigenvalue weighted by Crippen LogP contribution is 2.20. The lowest BCUT2D eigenvalue weighted by molar-refractivity contribution is -0.116. The predicted molar refractivity (Wildman–Crippen MR) is 94.0 cm³/mol. The molecule has 1 N–H and O–H groups in total. The maximum absolute atomic E-state index is 12.6. The summed E-state index contributed by atoms with van der Waals surface area (Å²) in [5.74, 6) is -0.171. The number of amides is 1. The van der Waals surface area contributed by atoms with Gasteiger partial charge in [-0.05, 0) is 24.5 Å². The molecule has 1 saturated carbocycles. The highest BCUT2D eigenvalue weighted by Gasteiger charge is 2.16. The van der Waals surface area contributed by atoms with E-state index in [1.54, 1.807) is 4.57 Å². The molecular formula is C18H19N3O2S. The van der Waals surface area contributed by atoms with E-state index in [0.29, 0.717) is 15.9 Å². The summed E-state index contributed by atoms with van der Waals surface area (Å²) in [5.41, 5.74) is 1.80. The topological polar surface area (TPSA) is 63.5 Å². The maximum Gasteiger partial charge on any atom is 0.270 e. The largest absolute Gasteiger partial charge is 0.350 e. The minimum Gasteiger partial charge on any atom is -0.350 e. The van der Waals surface area contributed by atoms with Crippen LogP contribution in [0.25, 0.3) is 6.08 Å². The standard InChI is InChI=1S/C18H19N3O2S/c22-16(19-13-7-2-1-3-8-13)10-15-17(23)21-11-12-6-4-5-9-14(12)20-18(21)24-15/h4-6,9-10,13H,1-3,7-8,11H2,(H,19,22)/b15-10+. The van der Waals surface area contributed by atoms with Gasteiger partial charge in [-0.3, -0.25) is 14.2 Å². The van der Waals surface area contributed by atoms with E-state index >= 15 is 0 Å². The Hall–Kier alpha value is -2.21. The van der Waals surface area contributed by atoms with Crippen LogP contribution in [-0.4, -0.2) is 16.5 Å². The molecular weight excluding hydrogens is 322 g/mol. The molecule has 4 rings (SSSR count). The molecule has 1 aromatic heterocycles. The van der Waals surface area contributed by atoms with E-state index in [4.69, 9.17) is 0 Å². The fourth-order valence-corrected chi connectivity index (χ4v) is 4.33. The molecule has 0 bridgehead atoms. The zero-order valence-corrected chi connectivity index (χ0v) is 14.1. The first kappa shape index (κ1) is 15.3. The van der Waals surface area contributed by atoms with Crippen molar-refractivity contribution in [2.75, 3.05) is 0 Å². The van der Waals surface area contributed by atoms with E-state index < -0.39 is 0 Å². The van der Waals surface area contributed by atoms with E-state index in [0.717, 1.165) is 36.9 Å². The summed E-state index contributed by atoms with van der Waals surface area (Å²) < 4.78 is 2.10. The summed E-state index contributed by atoms with van der Waals surface area (Å²) in [6, 6.07) is 8.05. The van der Waals surface area contributed by atoms with Crippen molar-refractivity contribution in [3.8, 4) is 0 Å². The SMILES string of the molecule is O=C(/C=c1/sc2n(c1=O)Cc1ccccc1N=2)NC1CCCCC1. The summed E-state index contributed by atoms with van der Waals surface area (Å²) in [6.45, 7) is 0.516. The molecule has 6 heteroatoms. The summed E-state index contributed by atoms with van der Waals surface area (Å²) in [7, 11) is 0. The van der Waals surface area contributed by atoms with Crippen LogP contribution in [0, 0.1) is 0 Å². The van der Waals surface area contributed by atoms with Crippen LogP contribution in [0.3, 0.4) is 0 Å². The number of hydrogen-bond donors (Lipinski definition) is 1. The Bertz CT molecular complexity index is 951. The van der Waals surface area contributed by atoms with Crippen molar-refractivity contribution in [3.05, 3.63) is 49.5 Å². The quantitative estimate of drug-likeness (QED) is 0.767. The van der Waals surface area contributed by atoms with Gasteiger partial charge in [0.05, 0.1) is 12.2 Å². The van der Waals surface area contributed by atoms with Gasteiger partial charge < -0.3 is 5.32 Å². The molecule has 1 aliphatic carbocycles. The van der Waals surface area contributed by atoms with Gasteiger partial charge in [-0.1, -0.05) is 48.8 Å². The van der Waals surface area contributed by atoms with Gasteiger partial charge in [0.2, 0.25) is 5.91 Å². The van der Waals surface area contributed by atoms with Crippen molar-refractivity contribution in [2.24, 2.45) is 4.99 Å². The Kier molecular flexibility index (Phi) is 4.06. The lowest BCUT2D eigenvalue weighted by Crippen LogP contribution is -2.37. The average molecular weight is 341 g/mol. The molecule has 0 atom stereocenters.